The molecule has 6 nitrogen and oxygen atoms in total. The molecule has 0 radical (unpaired) electrons. The number of nitrogens with one attached hydrogen (secondary N) is 1. The van der Waals surface area contributed by atoms with Gasteiger partial charge in [-0.2, -0.15) is 9.78 Å². The van der Waals surface area contributed by atoms with E-state index in [0.717, 1.165) is 22.2 Å². The highest BCUT2D eigenvalue weighted by molar-refractivity contribution is 6.05. The van der Waals surface area contributed by atoms with Gasteiger partial charge in [-0.25, -0.2) is 4.98 Å². The van der Waals surface area contributed by atoms with Gasteiger partial charge in [0.05, 0.1) is 13.3 Å². The van der Waals surface area contributed by atoms with Crippen LogP contribution in [0.25, 0.3) is 21.9 Å². The molecule has 0 amide bonds. The largest absolute Gasteiger partial charge is 0.497 e. The molecular weight excluding hydrogens is 328 g/mol. The molecule has 2 heterocycles. The number of methoxy groups -OCH3 is 1. The average Bonchev–Trinajstić information content (AvgIpc) is 3.01. The van der Waals surface area contributed by atoms with Crippen LogP contribution in [0.3, 0.4) is 0 Å². The molecule has 2 aromatic carbocycles. The molecule has 4 rings (SSSR count). The Labute approximate surface area is 149 Å². The Balaban J connectivity index is 1.87. The second-order valence-corrected chi connectivity index (χ2v) is 6.19. The molecule has 6 heteroatoms. The van der Waals surface area contributed by atoms with Gasteiger partial charge in [0.25, 0.3) is 5.56 Å². The van der Waals surface area contributed by atoms with Crippen molar-refractivity contribution in [3.05, 3.63) is 69.8 Å². The molecular formula is C20H18N4O2. The van der Waals surface area contributed by atoms with Crippen molar-refractivity contribution in [2.45, 2.75) is 13.8 Å². The fraction of sp³-hybridized carbons (Fsp3) is 0.150. The predicted molar refractivity (Wildman–Crippen MR) is 103 cm³/mol. The standard InChI is InChI=1S/C20H18N4O2/c1-12-4-6-14(7-5-12)11-21-24-13(2)22-18-16-10-15(26-3)8-9-17(16)23-19(18)20(24)25/h4-11,23H,1-3H3. The van der Waals surface area contributed by atoms with Crippen LogP contribution in [0.15, 0.2) is 52.4 Å². The number of rotatable bonds is 3. The Hall–Kier alpha value is -3.41. The summed E-state index contributed by atoms with van der Waals surface area (Å²) in [5.41, 5.74) is 3.76. The number of fused-ring (bicyclic) bond motifs is 3. The van der Waals surface area contributed by atoms with Gasteiger partial charge in [0.1, 0.15) is 22.6 Å². The van der Waals surface area contributed by atoms with Gasteiger partial charge in [0.2, 0.25) is 0 Å². The molecule has 0 atom stereocenters. The van der Waals surface area contributed by atoms with Crippen LogP contribution in [-0.2, 0) is 0 Å². The summed E-state index contributed by atoms with van der Waals surface area (Å²) in [5.74, 6) is 1.24. The van der Waals surface area contributed by atoms with Crippen LogP contribution in [0.5, 0.6) is 5.75 Å². The van der Waals surface area contributed by atoms with E-state index in [9.17, 15) is 4.79 Å². The van der Waals surface area contributed by atoms with Gasteiger partial charge in [0, 0.05) is 10.9 Å². The zero-order valence-corrected chi connectivity index (χ0v) is 14.8. The van der Waals surface area contributed by atoms with Crippen LogP contribution < -0.4 is 10.3 Å². The molecule has 130 valence electrons. The van der Waals surface area contributed by atoms with Crippen molar-refractivity contribution in [2.75, 3.05) is 7.11 Å². The lowest BCUT2D eigenvalue weighted by atomic mass is 10.2. The Bertz CT molecular complexity index is 1200. The van der Waals surface area contributed by atoms with Crippen molar-refractivity contribution in [3.8, 4) is 5.75 Å². The number of aromatic nitrogens is 3. The van der Waals surface area contributed by atoms with E-state index in [1.165, 1.54) is 10.2 Å². The topological polar surface area (TPSA) is 72.3 Å². The molecule has 0 unspecified atom stereocenters. The van der Waals surface area contributed by atoms with Crippen molar-refractivity contribution >= 4 is 28.2 Å². The molecule has 0 spiro atoms. The van der Waals surface area contributed by atoms with Crippen molar-refractivity contribution in [1.82, 2.24) is 14.6 Å². The zero-order valence-electron chi connectivity index (χ0n) is 14.8. The van der Waals surface area contributed by atoms with Crippen molar-refractivity contribution in [2.24, 2.45) is 5.10 Å². The smallest absolute Gasteiger partial charge is 0.298 e. The Morgan fingerprint density at radius 2 is 1.92 bits per heavy atom. The highest BCUT2D eigenvalue weighted by Gasteiger charge is 2.13. The monoisotopic (exact) mass is 346 g/mol. The Morgan fingerprint density at radius 1 is 1.15 bits per heavy atom. The summed E-state index contributed by atoms with van der Waals surface area (Å²) >= 11 is 0. The molecule has 0 aliphatic rings. The van der Waals surface area contributed by atoms with E-state index in [1.807, 2.05) is 49.4 Å². The van der Waals surface area contributed by atoms with E-state index in [2.05, 4.69) is 15.1 Å². The van der Waals surface area contributed by atoms with Gasteiger partial charge in [-0.1, -0.05) is 29.8 Å². The molecule has 1 N–H and O–H groups in total. The Morgan fingerprint density at radius 3 is 2.65 bits per heavy atom. The van der Waals surface area contributed by atoms with E-state index in [4.69, 9.17) is 4.74 Å². The lowest BCUT2D eigenvalue weighted by Gasteiger charge is -2.03. The maximum Gasteiger partial charge on any atom is 0.298 e. The minimum absolute atomic E-state index is 0.231. The number of nitrogens with zero attached hydrogens (tertiary/aromatic N) is 3. The number of H-pyrrole nitrogens is 1. The van der Waals surface area contributed by atoms with Crippen molar-refractivity contribution in [3.63, 3.8) is 0 Å². The fourth-order valence-corrected chi connectivity index (χ4v) is 2.93. The van der Waals surface area contributed by atoms with Gasteiger partial charge >= 0.3 is 0 Å². The molecule has 0 bridgehead atoms. The first-order valence-electron chi connectivity index (χ1n) is 8.27. The summed E-state index contributed by atoms with van der Waals surface area (Å²) in [4.78, 5) is 20.6. The predicted octanol–water partition coefficient (Wildman–Crippen LogP) is 3.39. The maximum absolute atomic E-state index is 12.9. The third-order valence-electron chi connectivity index (χ3n) is 4.36. The number of hydrogen-bond donors (Lipinski definition) is 1. The first-order valence-corrected chi connectivity index (χ1v) is 8.27. The summed E-state index contributed by atoms with van der Waals surface area (Å²) in [6.07, 6.45) is 1.66. The average molecular weight is 346 g/mol. The van der Waals surface area contributed by atoms with Crippen LogP contribution in [0.2, 0.25) is 0 Å². The number of hydrogen-bond acceptors (Lipinski definition) is 4. The molecule has 26 heavy (non-hydrogen) atoms. The quantitative estimate of drug-likeness (QED) is 0.578. The van der Waals surface area contributed by atoms with Crippen LogP contribution in [-0.4, -0.2) is 28.0 Å². The highest BCUT2D eigenvalue weighted by Crippen LogP contribution is 2.26. The lowest BCUT2D eigenvalue weighted by Crippen LogP contribution is -2.20. The number of ether oxygens (including phenoxy) is 1. The van der Waals surface area contributed by atoms with E-state index in [-0.39, 0.29) is 5.56 Å². The van der Waals surface area contributed by atoms with E-state index >= 15 is 0 Å². The summed E-state index contributed by atoms with van der Waals surface area (Å²) in [7, 11) is 1.61. The highest BCUT2D eigenvalue weighted by atomic mass is 16.5. The van der Waals surface area contributed by atoms with E-state index in [1.54, 1.807) is 20.2 Å². The molecule has 0 saturated heterocycles. The first-order chi connectivity index (χ1) is 12.6. The van der Waals surface area contributed by atoms with Crippen LogP contribution in [0, 0.1) is 13.8 Å². The summed E-state index contributed by atoms with van der Waals surface area (Å²) in [6.45, 7) is 3.80. The minimum Gasteiger partial charge on any atom is -0.497 e. The van der Waals surface area contributed by atoms with Crippen molar-refractivity contribution in [1.29, 1.82) is 0 Å². The normalized spacial score (nSPS) is 11.7. The van der Waals surface area contributed by atoms with Gasteiger partial charge in [0.15, 0.2) is 0 Å². The lowest BCUT2D eigenvalue weighted by molar-refractivity contribution is 0.415. The maximum atomic E-state index is 12.9. The van der Waals surface area contributed by atoms with Gasteiger partial charge in [-0.3, -0.25) is 4.79 Å². The second kappa shape index (κ2) is 6.15. The fourth-order valence-electron chi connectivity index (χ4n) is 2.93. The summed E-state index contributed by atoms with van der Waals surface area (Å²) < 4.78 is 6.59. The summed E-state index contributed by atoms with van der Waals surface area (Å²) in [6, 6.07) is 13.5. The molecule has 0 aliphatic carbocycles. The zero-order chi connectivity index (χ0) is 18.3. The van der Waals surface area contributed by atoms with E-state index in [0.29, 0.717) is 16.9 Å². The van der Waals surface area contributed by atoms with Gasteiger partial charge in [-0.05, 0) is 37.6 Å². The number of aryl methyl sites for hydroxylation is 2. The van der Waals surface area contributed by atoms with Crippen LogP contribution >= 0.6 is 0 Å². The summed E-state index contributed by atoms with van der Waals surface area (Å²) in [5, 5.41) is 5.19. The molecule has 2 aromatic heterocycles. The van der Waals surface area contributed by atoms with E-state index < -0.39 is 0 Å². The van der Waals surface area contributed by atoms with Gasteiger partial charge in [-0.15, -0.1) is 0 Å². The number of benzene rings is 2. The van der Waals surface area contributed by atoms with Gasteiger partial charge < -0.3 is 9.72 Å². The SMILES string of the molecule is COc1ccc2[nH]c3c(=O)n(N=Cc4ccc(C)cc4)c(C)nc3c2c1. The number of aromatic amines is 1. The third kappa shape index (κ3) is 2.65. The molecule has 4 aromatic rings. The van der Waals surface area contributed by atoms with Crippen LogP contribution in [0.4, 0.5) is 0 Å². The molecule has 0 fully saturated rings. The Kier molecular flexibility index (Phi) is 3.80. The second-order valence-electron chi connectivity index (χ2n) is 6.19. The first kappa shape index (κ1) is 16.1. The van der Waals surface area contributed by atoms with Crippen molar-refractivity contribution < 1.29 is 4.74 Å². The molecule has 0 saturated carbocycles. The third-order valence-corrected chi connectivity index (χ3v) is 4.36. The molecule has 0 aliphatic heterocycles. The van der Waals surface area contributed by atoms with Crippen LogP contribution in [0.1, 0.15) is 17.0 Å². The minimum atomic E-state index is -0.231.